The molecule has 38 heavy (non-hydrogen) atoms. The number of hydrogen-bond acceptors (Lipinski definition) is 0. The molecule has 176 valence electrons. The van der Waals surface area contributed by atoms with E-state index in [1.807, 2.05) is 0 Å². The second-order valence-corrected chi connectivity index (χ2v) is 10.1. The Morgan fingerprint density at radius 2 is 0.711 bits per heavy atom. The van der Waals surface area contributed by atoms with E-state index in [1.54, 1.807) is 0 Å². The monoisotopic (exact) mass is 480 g/mol. The van der Waals surface area contributed by atoms with Gasteiger partial charge < -0.3 is 0 Å². The van der Waals surface area contributed by atoms with Gasteiger partial charge in [-0.15, -0.1) is 0 Å². The van der Waals surface area contributed by atoms with Crippen LogP contribution >= 0.6 is 0 Å². The third-order valence-electron chi connectivity index (χ3n) is 8.02. The summed E-state index contributed by atoms with van der Waals surface area (Å²) in [6.07, 6.45) is 0. The average Bonchev–Trinajstić information content (AvgIpc) is 3.00. The molecule has 0 atom stereocenters. The predicted octanol–water partition coefficient (Wildman–Crippen LogP) is 10.8. The van der Waals surface area contributed by atoms with Crippen LogP contribution in [0.1, 0.15) is 0 Å². The van der Waals surface area contributed by atoms with Crippen molar-refractivity contribution in [1.29, 1.82) is 0 Å². The van der Waals surface area contributed by atoms with Crippen molar-refractivity contribution in [2.75, 3.05) is 0 Å². The molecule has 0 bridgehead atoms. The molecule has 0 aliphatic heterocycles. The molecule has 0 saturated heterocycles. The first-order valence-electron chi connectivity index (χ1n) is 13.2. The van der Waals surface area contributed by atoms with E-state index in [1.165, 1.54) is 76.1 Å². The molecule has 8 rings (SSSR count). The second kappa shape index (κ2) is 8.30. The highest BCUT2D eigenvalue weighted by molar-refractivity contribution is 6.23. The SMILES string of the molecule is c1ccc2c(c1)cc(-c1ccc(-c3cc4ccc5ccccc5c4c4ccccc34)cc1)c1ccccc12. The lowest BCUT2D eigenvalue weighted by atomic mass is 9.89. The van der Waals surface area contributed by atoms with Gasteiger partial charge >= 0.3 is 0 Å². The minimum absolute atomic E-state index is 1.24. The summed E-state index contributed by atoms with van der Waals surface area (Å²) in [5.41, 5.74) is 5.04. The smallest absolute Gasteiger partial charge is 0.00264 e. The normalized spacial score (nSPS) is 11.7. The molecular formula is C38H24. The molecule has 0 aliphatic rings. The van der Waals surface area contributed by atoms with E-state index in [4.69, 9.17) is 0 Å². The Bertz CT molecular complexity index is 2160. The van der Waals surface area contributed by atoms with E-state index in [0.717, 1.165) is 0 Å². The fourth-order valence-electron chi connectivity index (χ4n) is 6.24. The van der Waals surface area contributed by atoms with Crippen molar-refractivity contribution < 1.29 is 0 Å². The third kappa shape index (κ3) is 3.17. The molecule has 0 unspecified atom stereocenters. The molecule has 0 heterocycles. The summed E-state index contributed by atoms with van der Waals surface area (Å²) in [6.45, 7) is 0. The maximum Gasteiger partial charge on any atom is -0.00264 e. The zero-order chi connectivity index (χ0) is 25.1. The van der Waals surface area contributed by atoms with Crippen LogP contribution in [-0.4, -0.2) is 0 Å². The van der Waals surface area contributed by atoms with Crippen LogP contribution in [0.4, 0.5) is 0 Å². The zero-order valence-corrected chi connectivity index (χ0v) is 20.9. The maximum absolute atomic E-state index is 2.37. The topological polar surface area (TPSA) is 0 Å². The summed E-state index contributed by atoms with van der Waals surface area (Å²) in [6, 6.07) is 53.3. The highest BCUT2D eigenvalue weighted by atomic mass is 14.2. The Morgan fingerprint density at radius 1 is 0.263 bits per heavy atom. The van der Waals surface area contributed by atoms with E-state index in [-0.39, 0.29) is 0 Å². The minimum Gasteiger partial charge on any atom is -0.0616 e. The standard InChI is InChI=1S/C38H24/c1-4-12-31-25(9-1)21-22-29-24-37(34-15-7-8-16-35(34)38(29)31)27-19-17-26(18-20-27)36-23-28-10-2-3-11-30(28)32-13-5-6-14-33(32)36/h1-24H. The van der Waals surface area contributed by atoms with E-state index < -0.39 is 0 Å². The molecule has 0 N–H and O–H groups in total. The van der Waals surface area contributed by atoms with Gasteiger partial charge in [-0.3, -0.25) is 0 Å². The van der Waals surface area contributed by atoms with Crippen molar-refractivity contribution in [3.05, 3.63) is 146 Å². The van der Waals surface area contributed by atoms with Crippen molar-refractivity contribution in [2.24, 2.45) is 0 Å². The van der Waals surface area contributed by atoms with Crippen LogP contribution < -0.4 is 0 Å². The van der Waals surface area contributed by atoms with Crippen LogP contribution in [0.15, 0.2) is 146 Å². The molecule has 8 aromatic carbocycles. The Balaban J connectivity index is 1.33. The minimum atomic E-state index is 1.24. The largest absolute Gasteiger partial charge is 0.0616 e. The van der Waals surface area contributed by atoms with Gasteiger partial charge in [-0.2, -0.15) is 0 Å². The van der Waals surface area contributed by atoms with Gasteiger partial charge in [0.05, 0.1) is 0 Å². The van der Waals surface area contributed by atoms with Crippen molar-refractivity contribution in [1.82, 2.24) is 0 Å². The Hall–Kier alpha value is -4.94. The first-order chi connectivity index (χ1) is 18.8. The van der Waals surface area contributed by atoms with Crippen LogP contribution in [0.25, 0.3) is 76.1 Å². The molecule has 0 aliphatic carbocycles. The van der Waals surface area contributed by atoms with Crippen molar-refractivity contribution in [3.8, 4) is 22.3 Å². The summed E-state index contributed by atoms with van der Waals surface area (Å²) in [4.78, 5) is 0. The third-order valence-corrected chi connectivity index (χ3v) is 8.02. The Labute approximate surface area is 221 Å². The maximum atomic E-state index is 2.37. The summed E-state index contributed by atoms with van der Waals surface area (Å²) < 4.78 is 0. The van der Waals surface area contributed by atoms with Gasteiger partial charge in [0.1, 0.15) is 0 Å². The molecule has 0 spiro atoms. The fraction of sp³-hybridized carbons (Fsp3) is 0. The van der Waals surface area contributed by atoms with Gasteiger partial charge in [0.15, 0.2) is 0 Å². The number of hydrogen-bond donors (Lipinski definition) is 0. The van der Waals surface area contributed by atoms with Crippen LogP contribution in [0.3, 0.4) is 0 Å². The van der Waals surface area contributed by atoms with Crippen LogP contribution in [0, 0.1) is 0 Å². The zero-order valence-electron chi connectivity index (χ0n) is 20.9. The first kappa shape index (κ1) is 21.2. The summed E-state index contributed by atoms with van der Waals surface area (Å²) in [7, 11) is 0. The van der Waals surface area contributed by atoms with Crippen molar-refractivity contribution in [2.45, 2.75) is 0 Å². The lowest BCUT2D eigenvalue weighted by Crippen LogP contribution is -1.87. The second-order valence-electron chi connectivity index (χ2n) is 10.1. The van der Waals surface area contributed by atoms with Gasteiger partial charge in [-0.25, -0.2) is 0 Å². The van der Waals surface area contributed by atoms with Gasteiger partial charge in [0.25, 0.3) is 0 Å². The van der Waals surface area contributed by atoms with Crippen LogP contribution in [0.5, 0.6) is 0 Å². The lowest BCUT2D eigenvalue weighted by Gasteiger charge is -2.14. The first-order valence-corrected chi connectivity index (χ1v) is 13.2. The molecular weight excluding hydrogens is 456 g/mol. The summed E-state index contributed by atoms with van der Waals surface area (Å²) in [5, 5.41) is 13.0. The predicted molar refractivity (Wildman–Crippen MR) is 165 cm³/mol. The van der Waals surface area contributed by atoms with Crippen LogP contribution in [-0.2, 0) is 0 Å². The molecule has 0 fully saturated rings. The highest BCUT2D eigenvalue weighted by Crippen LogP contribution is 2.40. The van der Waals surface area contributed by atoms with Crippen molar-refractivity contribution >= 4 is 53.9 Å². The van der Waals surface area contributed by atoms with Crippen molar-refractivity contribution in [3.63, 3.8) is 0 Å². The molecule has 0 radical (unpaired) electrons. The van der Waals surface area contributed by atoms with Gasteiger partial charge in [-0.1, -0.05) is 133 Å². The lowest BCUT2D eigenvalue weighted by molar-refractivity contribution is 1.64. The molecule has 0 heteroatoms. The summed E-state index contributed by atoms with van der Waals surface area (Å²) >= 11 is 0. The number of rotatable bonds is 2. The Morgan fingerprint density at radius 3 is 1.39 bits per heavy atom. The molecule has 8 aromatic rings. The summed E-state index contributed by atoms with van der Waals surface area (Å²) in [5.74, 6) is 0. The number of fused-ring (bicyclic) bond motifs is 8. The van der Waals surface area contributed by atoms with E-state index >= 15 is 0 Å². The highest BCUT2D eigenvalue weighted by Gasteiger charge is 2.12. The average molecular weight is 481 g/mol. The molecule has 0 saturated carbocycles. The van der Waals surface area contributed by atoms with E-state index in [9.17, 15) is 0 Å². The quantitative estimate of drug-likeness (QED) is 0.216. The molecule has 0 nitrogen and oxygen atoms in total. The van der Waals surface area contributed by atoms with Gasteiger partial charge in [0, 0.05) is 0 Å². The van der Waals surface area contributed by atoms with Crippen LogP contribution in [0.2, 0.25) is 0 Å². The fourth-order valence-corrected chi connectivity index (χ4v) is 6.24. The number of benzene rings is 8. The molecule has 0 aromatic heterocycles. The Kier molecular flexibility index (Phi) is 4.62. The van der Waals surface area contributed by atoms with Gasteiger partial charge in [-0.05, 0) is 88.2 Å². The molecule has 0 amide bonds. The van der Waals surface area contributed by atoms with E-state index in [2.05, 4.69) is 146 Å². The van der Waals surface area contributed by atoms with Gasteiger partial charge in [0.2, 0.25) is 0 Å². The van der Waals surface area contributed by atoms with E-state index in [0.29, 0.717) is 0 Å².